The standard InChI is InChI=1S/C43H40N4O6S/c1-32-22-24-37(25-23-32)54(49,50)53-41(28-46-26-38(35-18-10-4-11-19-35)42(44-46)51-30-33-14-6-2-7-15-33)40(29-48)47-27-39(36-20-12-5-13-21-36)43(45-47)52-31-34-16-8-3-9-17-34/h2-27,40-41,48H,28-31H2,1H3. The highest BCUT2D eigenvalue weighted by molar-refractivity contribution is 7.86. The lowest BCUT2D eigenvalue weighted by Crippen LogP contribution is -2.36. The average molecular weight is 741 g/mol. The largest absolute Gasteiger partial charge is 0.471 e. The van der Waals surface area contributed by atoms with Crippen LogP contribution in [-0.2, 0) is 34.1 Å². The van der Waals surface area contributed by atoms with E-state index in [9.17, 15) is 13.5 Å². The maximum Gasteiger partial charge on any atom is 0.297 e. The lowest BCUT2D eigenvalue weighted by molar-refractivity contribution is 0.0739. The molecule has 7 aromatic rings. The number of nitrogens with zero attached hydrogens (tertiary/aromatic N) is 4. The van der Waals surface area contributed by atoms with Crippen LogP contribution >= 0.6 is 0 Å². The van der Waals surface area contributed by atoms with E-state index in [0.717, 1.165) is 27.8 Å². The van der Waals surface area contributed by atoms with Gasteiger partial charge in [-0.05, 0) is 41.3 Å². The zero-order valence-electron chi connectivity index (χ0n) is 29.7. The third kappa shape index (κ3) is 8.78. The van der Waals surface area contributed by atoms with Gasteiger partial charge in [0.05, 0.1) is 29.2 Å². The van der Waals surface area contributed by atoms with E-state index in [1.807, 2.05) is 128 Å². The van der Waals surface area contributed by atoms with Gasteiger partial charge < -0.3 is 14.6 Å². The molecule has 5 aromatic carbocycles. The van der Waals surface area contributed by atoms with E-state index < -0.39 is 28.9 Å². The molecule has 0 bridgehead atoms. The Hall–Kier alpha value is -6.01. The molecule has 0 aliphatic heterocycles. The normalized spacial score (nSPS) is 12.6. The highest BCUT2D eigenvalue weighted by Crippen LogP contribution is 2.34. The Morgan fingerprint density at radius 3 is 1.63 bits per heavy atom. The highest BCUT2D eigenvalue weighted by atomic mass is 32.2. The SMILES string of the molecule is Cc1ccc(S(=O)(=O)OC(Cn2cc(-c3ccccc3)c(OCc3ccccc3)n2)C(CO)n2cc(-c3ccccc3)c(OCc3ccccc3)n2)cc1. The van der Waals surface area contributed by atoms with Gasteiger partial charge in [0, 0.05) is 12.4 Å². The van der Waals surface area contributed by atoms with E-state index in [0.29, 0.717) is 22.9 Å². The third-order valence-electron chi connectivity index (χ3n) is 8.92. The van der Waals surface area contributed by atoms with Crippen molar-refractivity contribution < 1.29 is 27.2 Å². The maximum atomic E-state index is 13.9. The second-order valence-electron chi connectivity index (χ2n) is 12.8. The van der Waals surface area contributed by atoms with Crippen molar-refractivity contribution in [2.45, 2.75) is 43.7 Å². The van der Waals surface area contributed by atoms with Crippen molar-refractivity contribution in [2.75, 3.05) is 6.61 Å². The van der Waals surface area contributed by atoms with Crippen molar-refractivity contribution in [3.63, 3.8) is 0 Å². The van der Waals surface area contributed by atoms with Crippen LogP contribution in [0, 0.1) is 6.92 Å². The number of hydrogen-bond acceptors (Lipinski definition) is 8. The summed E-state index contributed by atoms with van der Waals surface area (Å²) in [6, 6.07) is 44.2. The van der Waals surface area contributed by atoms with Gasteiger partial charge in [0.1, 0.15) is 25.4 Å². The molecule has 11 heteroatoms. The molecule has 2 atom stereocenters. The number of ether oxygens (including phenoxy) is 2. The Balaban J connectivity index is 1.27. The molecule has 2 aromatic heterocycles. The minimum Gasteiger partial charge on any atom is -0.471 e. The fraction of sp³-hybridized carbons (Fsp3) is 0.163. The van der Waals surface area contributed by atoms with E-state index in [1.165, 1.54) is 16.8 Å². The molecule has 274 valence electrons. The van der Waals surface area contributed by atoms with Crippen molar-refractivity contribution in [3.8, 4) is 34.0 Å². The molecule has 0 aliphatic carbocycles. The molecule has 1 N–H and O–H groups in total. The van der Waals surface area contributed by atoms with Crippen molar-refractivity contribution in [1.29, 1.82) is 0 Å². The molecule has 0 saturated carbocycles. The van der Waals surface area contributed by atoms with Crippen LogP contribution in [0.4, 0.5) is 0 Å². The number of aromatic nitrogens is 4. The van der Waals surface area contributed by atoms with Crippen LogP contribution in [-0.4, -0.2) is 45.8 Å². The van der Waals surface area contributed by atoms with E-state index in [1.54, 1.807) is 29.2 Å². The minimum absolute atomic E-state index is 0.00978. The van der Waals surface area contributed by atoms with E-state index >= 15 is 0 Å². The summed E-state index contributed by atoms with van der Waals surface area (Å²) < 4.78 is 49.5. The fourth-order valence-electron chi connectivity index (χ4n) is 6.03. The van der Waals surface area contributed by atoms with Gasteiger partial charge in [0.15, 0.2) is 0 Å². The van der Waals surface area contributed by atoms with Crippen LogP contribution < -0.4 is 9.47 Å². The second kappa shape index (κ2) is 16.8. The predicted molar refractivity (Wildman–Crippen MR) is 206 cm³/mol. The topological polar surface area (TPSA) is 118 Å². The molecule has 2 heterocycles. The van der Waals surface area contributed by atoms with Gasteiger partial charge in [-0.25, -0.2) is 0 Å². The van der Waals surface area contributed by atoms with Crippen LogP contribution in [0.5, 0.6) is 11.8 Å². The third-order valence-corrected chi connectivity index (χ3v) is 10.3. The van der Waals surface area contributed by atoms with Crippen molar-refractivity contribution in [3.05, 3.63) is 175 Å². The van der Waals surface area contributed by atoms with Gasteiger partial charge >= 0.3 is 0 Å². The summed E-state index contributed by atoms with van der Waals surface area (Å²) in [6.45, 7) is 1.82. The molecule has 2 unspecified atom stereocenters. The highest BCUT2D eigenvalue weighted by Gasteiger charge is 2.33. The molecular weight excluding hydrogens is 701 g/mol. The molecule has 0 saturated heterocycles. The summed E-state index contributed by atoms with van der Waals surface area (Å²) in [6.07, 6.45) is 2.36. The number of hydrogen-bond donors (Lipinski definition) is 1. The Kier molecular flexibility index (Phi) is 11.3. The predicted octanol–water partition coefficient (Wildman–Crippen LogP) is 7.89. The molecule has 54 heavy (non-hydrogen) atoms. The molecule has 0 radical (unpaired) electrons. The zero-order chi connectivity index (χ0) is 37.3. The summed E-state index contributed by atoms with van der Waals surface area (Å²) in [5.74, 6) is 0.693. The van der Waals surface area contributed by atoms with Gasteiger partial charge in [0.2, 0.25) is 11.8 Å². The minimum atomic E-state index is -4.32. The molecular formula is C43H40N4O6S. The fourth-order valence-corrected chi connectivity index (χ4v) is 7.13. The molecule has 0 amide bonds. The van der Waals surface area contributed by atoms with Gasteiger partial charge in [-0.3, -0.25) is 13.5 Å². The van der Waals surface area contributed by atoms with Crippen LogP contribution in [0.1, 0.15) is 22.7 Å². The first-order chi connectivity index (χ1) is 26.4. The first-order valence-electron chi connectivity index (χ1n) is 17.6. The number of aryl methyl sites for hydroxylation is 1. The summed E-state index contributed by atoms with van der Waals surface area (Å²) in [5, 5.41) is 20.6. The summed E-state index contributed by atoms with van der Waals surface area (Å²) in [5.41, 5.74) is 5.92. The second-order valence-corrected chi connectivity index (χ2v) is 14.4. The number of rotatable bonds is 16. The average Bonchev–Trinajstić information content (AvgIpc) is 3.82. The van der Waals surface area contributed by atoms with Gasteiger partial charge in [-0.2, -0.15) is 8.42 Å². The molecule has 10 nitrogen and oxygen atoms in total. The van der Waals surface area contributed by atoms with Gasteiger partial charge in [-0.1, -0.05) is 139 Å². The van der Waals surface area contributed by atoms with Crippen molar-refractivity contribution in [2.24, 2.45) is 0 Å². The monoisotopic (exact) mass is 740 g/mol. The molecule has 0 fully saturated rings. The van der Waals surface area contributed by atoms with E-state index in [-0.39, 0.29) is 24.7 Å². The summed E-state index contributed by atoms with van der Waals surface area (Å²) >= 11 is 0. The van der Waals surface area contributed by atoms with E-state index in [2.05, 4.69) is 0 Å². The van der Waals surface area contributed by atoms with Crippen LogP contribution in [0.3, 0.4) is 0 Å². The quantitative estimate of drug-likeness (QED) is 0.0995. The smallest absolute Gasteiger partial charge is 0.297 e. The number of aliphatic hydroxyl groups is 1. The van der Waals surface area contributed by atoms with Gasteiger partial charge in [0.25, 0.3) is 10.1 Å². The zero-order valence-corrected chi connectivity index (χ0v) is 30.5. The van der Waals surface area contributed by atoms with Crippen LogP contribution in [0.2, 0.25) is 0 Å². The Morgan fingerprint density at radius 1 is 0.630 bits per heavy atom. The summed E-state index contributed by atoms with van der Waals surface area (Å²) in [7, 11) is -4.32. The molecule has 0 spiro atoms. The van der Waals surface area contributed by atoms with Crippen LogP contribution in [0.25, 0.3) is 22.3 Å². The Bertz CT molecular complexity index is 2350. The van der Waals surface area contributed by atoms with Crippen molar-refractivity contribution >= 4 is 10.1 Å². The molecule has 7 rings (SSSR count). The Morgan fingerprint density at radius 2 is 1.11 bits per heavy atom. The first-order valence-corrected chi connectivity index (χ1v) is 19.0. The lowest BCUT2D eigenvalue weighted by Gasteiger charge is -2.25. The van der Waals surface area contributed by atoms with E-state index in [4.69, 9.17) is 23.9 Å². The Labute approximate surface area is 315 Å². The number of aliphatic hydroxyl groups excluding tert-OH is 1. The van der Waals surface area contributed by atoms with Crippen LogP contribution in [0.15, 0.2) is 163 Å². The van der Waals surface area contributed by atoms with Gasteiger partial charge in [-0.15, -0.1) is 10.2 Å². The molecule has 0 aliphatic rings. The lowest BCUT2D eigenvalue weighted by atomic mass is 10.1. The summed E-state index contributed by atoms with van der Waals surface area (Å²) in [4.78, 5) is -0.00978. The maximum absolute atomic E-state index is 13.9. The number of benzene rings is 5. The first kappa shape index (κ1) is 36.4. The van der Waals surface area contributed by atoms with Crippen molar-refractivity contribution in [1.82, 2.24) is 19.6 Å².